The lowest BCUT2D eigenvalue weighted by Gasteiger charge is -2.10. The van der Waals surface area contributed by atoms with Gasteiger partial charge in [-0.15, -0.1) is 0 Å². The van der Waals surface area contributed by atoms with Crippen molar-refractivity contribution >= 4 is 10.0 Å². The highest BCUT2D eigenvalue weighted by Crippen LogP contribution is 2.27. The van der Waals surface area contributed by atoms with Crippen LogP contribution in [0, 0.1) is 6.92 Å². The van der Waals surface area contributed by atoms with E-state index in [0.29, 0.717) is 23.7 Å². The molecule has 1 aromatic carbocycles. The van der Waals surface area contributed by atoms with Gasteiger partial charge in [-0.25, -0.2) is 12.4 Å². The van der Waals surface area contributed by atoms with Gasteiger partial charge in [-0.05, 0) is 38.1 Å². The lowest BCUT2D eigenvalue weighted by Crippen LogP contribution is -2.13. The molecule has 0 saturated carbocycles. The summed E-state index contributed by atoms with van der Waals surface area (Å²) in [6.45, 7) is 4.38. The molecule has 0 bridgehead atoms. The molecule has 0 radical (unpaired) electrons. The van der Waals surface area contributed by atoms with Crippen molar-refractivity contribution in [2.75, 3.05) is 6.61 Å². The number of nitrogens with one attached hydrogen (secondary N) is 1. The fourth-order valence-electron chi connectivity index (χ4n) is 2.38. The lowest BCUT2D eigenvalue weighted by molar-refractivity contribution is 0.341. The molecule has 0 aliphatic rings. The van der Waals surface area contributed by atoms with Crippen LogP contribution in [0.2, 0.25) is 0 Å². The molecule has 2 heterocycles. The van der Waals surface area contributed by atoms with Gasteiger partial charge in [0.1, 0.15) is 5.75 Å². The number of rotatable bonds is 5. The van der Waals surface area contributed by atoms with Crippen LogP contribution in [0.5, 0.6) is 5.75 Å². The predicted molar refractivity (Wildman–Crippen MR) is 89.2 cm³/mol. The molecule has 0 saturated heterocycles. The van der Waals surface area contributed by atoms with Crippen molar-refractivity contribution in [1.82, 2.24) is 8.96 Å². The standard InChI is InChI=1S/C17H18N2O3S/c1-3-22-14-11-16(18-12-14)17-5-4-10-19(17)23(20,21)15-8-6-13(2)7-9-15/h4-12,18H,3H2,1-2H3. The minimum absolute atomic E-state index is 0.261. The molecule has 2 aromatic heterocycles. The molecule has 3 rings (SSSR count). The van der Waals surface area contributed by atoms with Crippen LogP contribution in [-0.2, 0) is 10.0 Å². The summed E-state index contributed by atoms with van der Waals surface area (Å²) in [6.07, 6.45) is 3.26. The van der Waals surface area contributed by atoms with E-state index < -0.39 is 10.0 Å². The van der Waals surface area contributed by atoms with Crippen molar-refractivity contribution in [2.45, 2.75) is 18.7 Å². The second kappa shape index (κ2) is 5.96. The molecule has 0 aliphatic heterocycles. The maximum Gasteiger partial charge on any atom is 0.268 e. The SMILES string of the molecule is CCOc1c[nH]c(-c2cccn2S(=O)(=O)c2ccc(C)cc2)c1. The number of aromatic amines is 1. The molecule has 6 heteroatoms. The van der Waals surface area contributed by atoms with E-state index in [-0.39, 0.29) is 4.90 Å². The van der Waals surface area contributed by atoms with Crippen molar-refractivity contribution in [2.24, 2.45) is 0 Å². The maximum atomic E-state index is 12.9. The molecule has 0 fully saturated rings. The van der Waals surface area contributed by atoms with Crippen LogP contribution < -0.4 is 4.74 Å². The topological polar surface area (TPSA) is 64.1 Å². The van der Waals surface area contributed by atoms with Gasteiger partial charge in [0.15, 0.2) is 0 Å². The minimum Gasteiger partial charge on any atom is -0.492 e. The molecule has 0 amide bonds. The van der Waals surface area contributed by atoms with Gasteiger partial charge in [-0.2, -0.15) is 0 Å². The molecule has 3 aromatic rings. The van der Waals surface area contributed by atoms with Crippen LogP contribution >= 0.6 is 0 Å². The minimum atomic E-state index is -3.64. The van der Waals surface area contributed by atoms with Crippen LogP contribution in [0.3, 0.4) is 0 Å². The zero-order chi connectivity index (χ0) is 16.4. The zero-order valence-electron chi connectivity index (χ0n) is 13.0. The van der Waals surface area contributed by atoms with Crippen LogP contribution in [0.1, 0.15) is 12.5 Å². The summed E-state index contributed by atoms with van der Waals surface area (Å²) in [7, 11) is -3.64. The largest absolute Gasteiger partial charge is 0.492 e. The van der Waals surface area contributed by atoms with Crippen molar-refractivity contribution in [3.8, 4) is 17.1 Å². The second-order valence-corrected chi connectivity index (χ2v) is 7.00. The van der Waals surface area contributed by atoms with Gasteiger partial charge in [0.2, 0.25) is 0 Å². The van der Waals surface area contributed by atoms with Crippen molar-refractivity contribution in [3.05, 3.63) is 60.4 Å². The number of hydrogen-bond acceptors (Lipinski definition) is 3. The molecule has 0 atom stereocenters. The van der Waals surface area contributed by atoms with Gasteiger partial charge >= 0.3 is 0 Å². The Kier molecular flexibility index (Phi) is 4.00. The second-order valence-electron chi connectivity index (χ2n) is 5.19. The zero-order valence-corrected chi connectivity index (χ0v) is 13.8. The third-order valence-electron chi connectivity index (χ3n) is 3.53. The summed E-state index contributed by atoms with van der Waals surface area (Å²) in [6, 6.07) is 12.1. The van der Waals surface area contributed by atoms with E-state index in [9.17, 15) is 8.42 Å². The summed E-state index contributed by atoms with van der Waals surface area (Å²) in [5.41, 5.74) is 2.27. The Morgan fingerprint density at radius 1 is 1.17 bits per heavy atom. The van der Waals surface area contributed by atoms with Crippen LogP contribution in [0.25, 0.3) is 11.4 Å². The number of ether oxygens (including phenoxy) is 1. The Bertz CT molecular complexity index is 905. The predicted octanol–water partition coefficient (Wildman–Crippen LogP) is 3.43. The van der Waals surface area contributed by atoms with Crippen molar-refractivity contribution in [3.63, 3.8) is 0 Å². The monoisotopic (exact) mass is 330 g/mol. The van der Waals surface area contributed by atoms with Crippen LogP contribution in [0.4, 0.5) is 0 Å². The Balaban J connectivity index is 2.04. The van der Waals surface area contributed by atoms with E-state index in [1.54, 1.807) is 54.9 Å². The van der Waals surface area contributed by atoms with E-state index in [1.165, 1.54) is 3.97 Å². The van der Waals surface area contributed by atoms with E-state index in [4.69, 9.17) is 4.74 Å². The summed E-state index contributed by atoms with van der Waals surface area (Å²) < 4.78 is 32.4. The molecule has 0 aliphatic carbocycles. The molecule has 23 heavy (non-hydrogen) atoms. The first-order valence-corrected chi connectivity index (χ1v) is 8.77. The smallest absolute Gasteiger partial charge is 0.268 e. The third kappa shape index (κ3) is 2.90. The first-order chi connectivity index (χ1) is 11.0. The fraction of sp³-hybridized carbons (Fsp3) is 0.176. The molecular weight excluding hydrogens is 312 g/mol. The normalized spacial score (nSPS) is 11.6. The van der Waals surface area contributed by atoms with E-state index in [0.717, 1.165) is 5.56 Å². The third-order valence-corrected chi connectivity index (χ3v) is 5.24. The van der Waals surface area contributed by atoms with Gasteiger partial charge in [0, 0.05) is 18.5 Å². The van der Waals surface area contributed by atoms with E-state index >= 15 is 0 Å². The highest BCUT2D eigenvalue weighted by Gasteiger charge is 2.20. The van der Waals surface area contributed by atoms with Crippen LogP contribution in [-0.4, -0.2) is 24.0 Å². The van der Waals surface area contributed by atoms with E-state index in [2.05, 4.69) is 4.98 Å². The quantitative estimate of drug-likeness (QED) is 0.779. The summed E-state index contributed by atoms with van der Waals surface area (Å²) >= 11 is 0. The van der Waals surface area contributed by atoms with Crippen molar-refractivity contribution < 1.29 is 13.2 Å². The number of H-pyrrole nitrogens is 1. The molecule has 0 spiro atoms. The maximum absolute atomic E-state index is 12.9. The average molecular weight is 330 g/mol. The van der Waals surface area contributed by atoms with Crippen LogP contribution in [0.15, 0.2) is 59.8 Å². The van der Waals surface area contributed by atoms with Gasteiger partial charge in [-0.1, -0.05) is 17.7 Å². The van der Waals surface area contributed by atoms with Crippen molar-refractivity contribution in [1.29, 1.82) is 0 Å². The average Bonchev–Trinajstić information content (AvgIpc) is 3.16. The number of aryl methyl sites for hydroxylation is 1. The molecule has 0 unspecified atom stereocenters. The first kappa shape index (κ1) is 15.4. The molecular formula is C17H18N2O3S. The van der Waals surface area contributed by atoms with Gasteiger partial charge < -0.3 is 9.72 Å². The number of nitrogens with zero attached hydrogens (tertiary/aromatic N) is 1. The molecule has 5 nitrogen and oxygen atoms in total. The number of hydrogen-bond donors (Lipinski definition) is 1. The Morgan fingerprint density at radius 2 is 1.91 bits per heavy atom. The highest BCUT2D eigenvalue weighted by molar-refractivity contribution is 7.90. The Hall–Kier alpha value is -2.47. The Labute approximate surface area is 135 Å². The van der Waals surface area contributed by atoms with Gasteiger partial charge in [-0.3, -0.25) is 0 Å². The lowest BCUT2D eigenvalue weighted by atomic mass is 10.2. The highest BCUT2D eigenvalue weighted by atomic mass is 32.2. The fourth-order valence-corrected chi connectivity index (χ4v) is 3.74. The van der Waals surface area contributed by atoms with Gasteiger partial charge in [0.05, 0.1) is 22.9 Å². The number of aromatic nitrogens is 2. The Morgan fingerprint density at radius 3 is 2.61 bits per heavy atom. The summed E-state index contributed by atoms with van der Waals surface area (Å²) in [5, 5.41) is 0. The van der Waals surface area contributed by atoms with Gasteiger partial charge in [0.25, 0.3) is 10.0 Å². The summed E-state index contributed by atoms with van der Waals surface area (Å²) in [4.78, 5) is 3.32. The summed E-state index contributed by atoms with van der Waals surface area (Å²) in [5.74, 6) is 0.683. The molecule has 1 N–H and O–H groups in total. The number of benzene rings is 1. The first-order valence-electron chi connectivity index (χ1n) is 7.33. The molecule has 120 valence electrons. The van der Waals surface area contributed by atoms with E-state index in [1.807, 2.05) is 13.8 Å².